The van der Waals surface area contributed by atoms with Crippen molar-refractivity contribution in [3.05, 3.63) is 77.9 Å². The Labute approximate surface area is 195 Å². The highest BCUT2D eigenvalue weighted by Crippen LogP contribution is 2.33. The highest BCUT2D eigenvalue weighted by molar-refractivity contribution is 7.92. The molecule has 8 heteroatoms. The minimum absolute atomic E-state index is 0.0861. The second-order valence-corrected chi connectivity index (χ2v) is 9.32. The number of ether oxygens (including phenoxy) is 2. The molecule has 0 saturated carbocycles. The lowest BCUT2D eigenvalue weighted by molar-refractivity contribution is -0.114. The lowest BCUT2D eigenvalue weighted by atomic mass is 10.1. The van der Waals surface area contributed by atoms with Crippen LogP contribution in [0.25, 0.3) is 0 Å². The van der Waals surface area contributed by atoms with Crippen LogP contribution in [-0.2, 0) is 21.2 Å². The average Bonchev–Trinajstić information content (AvgIpc) is 2.82. The molecule has 1 N–H and O–H groups in total. The Balaban J connectivity index is 1.97. The Kier molecular flexibility index (Phi) is 7.60. The molecule has 33 heavy (non-hydrogen) atoms. The zero-order valence-electron chi connectivity index (χ0n) is 19.2. The van der Waals surface area contributed by atoms with Crippen molar-refractivity contribution < 1.29 is 22.7 Å². The first-order valence-corrected chi connectivity index (χ1v) is 11.9. The largest absolute Gasteiger partial charge is 0.493 e. The zero-order valence-corrected chi connectivity index (χ0v) is 20.0. The molecule has 1 amide bonds. The van der Waals surface area contributed by atoms with Crippen molar-refractivity contribution in [3.8, 4) is 11.5 Å². The molecule has 0 aliphatic rings. The van der Waals surface area contributed by atoms with Gasteiger partial charge in [0.25, 0.3) is 10.0 Å². The topological polar surface area (TPSA) is 84.9 Å². The maximum Gasteiger partial charge on any atom is 0.264 e. The first-order valence-electron chi connectivity index (χ1n) is 10.5. The number of carbonyl (C=O) groups is 1. The first-order chi connectivity index (χ1) is 15.8. The van der Waals surface area contributed by atoms with E-state index in [1.54, 1.807) is 36.4 Å². The van der Waals surface area contributed by atoms with Gasteiger partial charge >= 0.3 is 0 Å². The summed E-state index contributed by atoms with van der Waals surface area (Å²) in [5, 5.41) is 2.78. The number of anilines is 2. The summed E-state index contributed by atoms with van der Waals surface area (Å²) in [7, 11) is -1.08. The highest BCUT2D eigenvalue weighted by atomic mass is 32.2. The number of hydrogen-bond donors (Lipinski definition) is 1. The third kappa shape index (κ3) is 5.64. The number of rotatable bonds is 9. The molecule has 3 aromatic carbocycles. The number of methoxy groups -OCH3 is 2. The molecule has 0 saturated heterocycles. The molecule has 0 aliphatic carbocycles. The van der Waals surface area contributed by atoms with E-state index in [9.17, 15) is 13.2 Å². The van der Waals surface area contributed by atoms with Gasteiger partial charge in [-0.2, -0.15) is 0 Å². The van der Waals surface area contributed by atoms with Gasteiger partial charge in [0.05, 0.1) is 24.8 Å². The van der Waals surface area contributed by atoms with Gasteiger partial charge in [-0.1, -0.05) is 36.8 Å². The molecule has 0 unspecified atom stereocenters. The van der Waals surface area contributed by atoms with Crippen molar-refractivity contribution in [2.75, 3.05) is 30.4 Å². The number of hydrogen-bond acceptors (Lipinski definition) is 5. The Bertz CT molecular complexity index is 1210. The second-order valence-electron chi connectivity index (χ2n) is 7.46. The SMILES string of the molecule is CCc1ccc(NC(=O)CN(c2ccc(OC)c(OC)c2)S(=O)(=O)c2ccc(C)cc2)cc1. The molecule has 0 aliphatic heterocycles. The Hall–Kier alpha value is -3.52. The van der Waals surface area contributed by atoms with Crippen LogP contribution in [-0.4, -0.2) is 35.1 Å². The highest BCUT2D eigenvalue weighted by Gasteiger charge is 2.28. The molecule has 0 aromatic heterocycles. The summed E-state index contributed by atoms with van der Waals surface area (Å²) >= 11 is 0. The summed E-state index contributed by atoms with van der Waals surface area (Å²) in [5.41, 5.74) is 2.95. The van der Waals surface area contributed by atoms with Crippen LogP contribution < -0.4 is 19.1 Å². The van der Waals surface area contributed by atoms with E-state index >= 15 is 0 Å². The van der Waals surface area contributed by atoms with Gasteiger partial charge in [-0.3, -0.25) is 9.10 Å². The Morgan fingerprint density at radius 2 is 1.55 bits per heavy atom. The van der Waals surface area contributed by atoms with E-state index in [2.05, 4.69) is 5.32 Å². The molecule has 0 radical (unpaired) electrons. The third-order valence-corrected chi connectivity index (χ3v) is 6.99. The van der Waals surface area contributed by atoms with Crippen LogP contribution in [0.4, 0.5) is 11.4 Å². The minimum atomic E-state index is -4.04. The van der Waals surface area contributed by atoms with Crippen molar-refractivity contribution >= 4 is 27.3 Å². The minimum Gasteiger partial charge on any atom is -0.493 e. The first kappa shape index (κ1) is 24.1. The van der Waals surface area contributed by atoms with E-state index in [1.165, 1.54) is 32.4 Å². The second kappa shape index (κ2) is 10.4. The normalized spacial score (nSPS) is 11.0. The van der Waals surface area contributed by atoms with Crippen molar-refractivity contribution in [3.63, 3.8) is 0 Å². The lowest BCUT2D eigenvalue weighted by Gasteiger charge is -2.25. The van der Waals surface area contributed by atoms with Gasteiger partial charge in [0.2, 0.25) is 5.91 Å². The molecule has 0 bridgehead atoms. The number of nitrogens with one attached hydrogen (secondary N) is 1. The van der Waals surface area contributed by atoms with Crippen LogP contribution in [0.15, 0.2) is 71.6 Å². The Morgan fingerprint density at radius 3 is 2.12 bits per heavy atom. The van der Waals surface area contributed by atoms with Gasteiger partial charge in [0, 0.05) is 11.8 Å². The maximum atomic E-state index is 13.5. The number of nitrogens with zero attached hydrogens (tertiary/aromatic N) is 1. The summed E-state index contributed by atoms with van der Waals surface area (Å²) in [5.74, 6) is 0.341. The van der Waals surface area contributed by atoms with E-state index in [-0.39, 0.29) is 10.6 Å². The van der Waals surface area contributed by atoms with E-state index in [1.807, 2.05) is 26.0 Å². The zero-order chi connectivity index (χ0) is 24.0. The number of carbonyl (C=O) groups excluding carboxylic acids is 1. The molecule has 3 rings (SSSR count). The van der Waals surface area contributed by atoms with Crippen LogP contribution in [0.2, 0.25) is 0 Å². The van der Waals surface area contributed by atoms with Gasteiger partial charge in [-0.15, -0.1) is 0 Å². The van der Waals surface area contributed by atoms with Crippen LogP contribution in [0.3, 0.4) is 0 Å². The van der Waals surface area contributed by atoms with Crippen LogP contribution in [0.1, 0.15) is 18.1 Å². The third-order valence-electron chi connectivity index (χ3n) is 5.20. The number of aryl methyl sites for hydroxylation is 2. The van der Waals surface area contributed by atoms with Gasteiger partial charge in [0.1, 0.15) is 6.54 Å². The molecular weight excluding hydrogens is 440 g/mol. The number of sulfonamides is 1. The van der Waals surface area contributed by atoms with Crippen LogP contribution in [0, 0.1) is 6.92 Å². The fourth-order valence-corrected chi connectivity index (χ4v) is 4.70. The number of amides is 1. The fourth-order valence-electron chi connectivity index (χ4n) is 3.29. The molecule has 0 heterocycles. The lowest BCUT2D eigenvalue weighted by Crippen LogP contribution is -2.38. The van der Waals surface area contributed by atoms with E-state index in [0.717, 1.165) is 21.9 Å². The van der Waals surface area contributed by atoms with Gasteiger partial charge in [0.15, 0.2) is 11.5 Å². The van der Waals surface area contributed by atoms with E-state index in [0.29, 0.717) is 17.2 Å². The average molecular weight is 469 g/mol. The molecule has 0 spiro atoms. The predicted molar refractivity (Wildman–Crippen MR) is 130 cm³/mol. The standard InChI is InChI=1S/C25H28N2O5S/c1-5-19-8-10-20(11-9-19)26-25(28)17-27(21-12-15-23(31-3)24(16-21)32-4)33(29,30)22-13-6-18(2)7-14-22/h6-16H,5,17H2,1-4H3,(H,26,28). The Morgan fingerprint density at radius 1 is 0.909 bits per heavy atom. The summed E-state index contributed by atoms with van der Waals surface area (Å²) < 4.78 is 38.7. The van der Waals surface area contributed by atoms with Crippen molar-refractivity contribution in [1.82, 2.24) is 0 Å². The maximum absolute atomic E-state index is 13.5. The predicted octanol–water partition coefficient (Wildman–Crippen LogP) is 4.41. The van der Waals surface area contributed by atoms with E-state index in [4.69, 9.17) is 9.47 Å². The molecule has 3 aromatic rings. The summed E-state index contributed by atoms with van der Waals surface area (Å²) in [4.78, 5) is 13.0. The van der Waals surface area contributed by atoms with Crippen LogP contribution >= 0.6 is 0 Å². The molecule has 0 fully saturated rings. The molecule has 0 atom stereocenters. The summed E-state index contributed by atoms with van der Waals surface area (Å²) in [6.45, 7) is 3.51. The van der Waals surface area contributed by atoms with Crippen LogP contribution in [0.5, 0.6) is 11.5 Å². The van der Waals surface area contributed by atoms with Crippen molar-refractivity contribution in [1.29, 1.82) is 0 Å². The fraction of sp³-hybridized carbons (Fsp3) is 0.240. The van der Waals surface area contributed by atoms with Crippen molar-refractivity contribution in [2.24, 2.45) is 0 Å². The molecule has 7 nitrogen and oxygen atoms in total. The van der Waals surface area contributed by atoms with Gasteiger partial charge < -0.3 is 14.8 Å². The van der Waals surface area contributed by atoms with Gasteiger partial charge in [-0.05, 0) is 55.3 Å². The summed E-state index contributed by atoms with van der Waals surface area (Å²) in [6, 6.07) is 18.6. The molecule has 174 valence electrons. The quantitative estimate of drug-likeness (QED) is 0.503. The number of benzene rings is 3. The van der Waals surface area contributed by atoms with Gasteiger partial charge in [-0.25, -0.2) is 8.42 Å². The monoisotopic (exact) mass is 468 g/mol. The van der Waals surface area contributed by atoms with Crippen molar-refractivity contribution in [2.45, 2.75) is 25.2 Å². The summed E-state index contributed by atoms with van der Waals surface area (Å²) in [6.07, 6.45) is 0.885. The van der Waals surface area contributed by atoms with E-state index < -0.39 is 22.5 Å². The smallest absolute Gasteiger partial charge is 0.264 e. The molecular formula is C25H28N2O5S.